The molecule has 12 nitrogen and oxygen atoms in total. The summed E-state index contributed by atoms with van der Waals surface area (Å²) in [7, 11) is -3.82. The second-order valence-electron chi connectivity index (χ2n) is 13.9. The topological polar surface area (TPSA) is 142 Å². The molecule has 4 rings (SSSR count). The summed E-state index contributed by atoms with van der Waals surface area (Å²) in [5.41, 5.74) is 0.398. The summed E-state index contributed by atoms with van der Waals surface area (Å²) >= 11 is 0. The third-order valence-corrected chi connectivity index (χ3v) is 8.64. The first-order valence-corrected chi connectivity index (χ1v) is 18.4. The average molecular weight is 751 g/mol. The van der Waals surface area contributed by atoms with Gasteiger partial charge in [0.25, 0.3) is 0 Å². The van der Waals surface area contributed by atoms with Gasteiger partial charge in [-0.2, -0.15) is 0 Å². The maximum Gasteiger partial charge on any atom is 0.514 e. The molecule has 0 atom stereocenters. The smallest absolute Gasteiger partial charge is 0.490 e. The molecule has 0 unspecified atom stereocenters. The molecule has 0 fully saturated rings. The molecular formula is C40H46O12S. The van der Waals surface area contributed by atoms with E-state index in [1.54, 1.807) is 102 Å². The van der Waals surface area contributed by atoms with Crippen LogP contribution in [-0.2, 0) is 19.3 Å². The third-order valence-electron chi connectivity index (χ3n) is 6.85. The first-order chi connectivity index (χ1) is 24.9. The number of ether oxygens (including phenoxy) is 8. The standard InChI is InChI=1S/C40H46O12S/c1-27-9-19-33(49-37(41)51-39(3,4)5)35(25-27)47-23-21-45-29-11-15-31(16-12-29)53(43,44)32-17-13-30(14-18-32)46-22-24-48-36-26-28(2)10-20-34(36)50-38(42)52-40(6,7)8/h9-20,25-26H,21-24H2,1-8H3. The molecule has 0 N–H and O–H groups in total. The minimum atomic E-state index is -3.82. The first kappa shape index (κ1) is 40.3. The molecule has 0 aliphatic rings. The quantitative estimate of drug-likeness (QED) is 0.0691. The van der Waals surface area contributed by atoms with Gasteiger partial charge in [0.15, 0.2) is 23.0 Å². The van der Waals surface area contributed by atoms with E-state index in [0.29, 0.717) is 23.0 Å². The maximum absolute atomic E-state index is 13.3. The number of hydrogen-bond acceptors (Lipinski definition) is 12. The molecule has 0 bridgehead atoms. The monoisotopic (exact) mass is 750 g/mol. The van der Waals surface area contributed by atoms with Crippen molar-refractivity contribution in [3.05, 3.63) is 96.1 Å². The van der Waals surface area contributed by atoms with E-state index in [9.17, 15) is 18.0 Å². The summed E-state index contributed by atoms with van der Waals surface area (Å²) in [4.78, 5) is 24.5. The molecule has 0 saturated heterocycles. The minimum Gasteiger partial charge on any atom is -0.490 e. The Morgan fingerprint density at radius 1 is 0.491 bits per heavy atom. The maximum atomic E-state index is 13.3. The van der Waals surface area contributed by atoms with Crippen molar-refractivity contribution < 1.29 is 55.9 Å². The lowest BCUT2D eigenvalue weighted by Crippen LogP contribution is -2.26. The number of carbonyl (C=O) groups is 2. The Hall–Kier alpha value is -5.43. The molecule has 0 aromatic heterocycles. The highest BCUT2D eigenvalue weighted by molar-refractivity contribution is 7.91. The number of rotatable bonds is 14. The van der Waals surface area contributed by atoms with Crippen molar-refractivity contribution in [3.8, 4) is 34.5 Å². The highest BCUT2D eigenvalue weighted by Crippen LogP contribution is 2.31. The summed E-state index contributed by atoms with van der Waals surface area (Å²) in [5.74, 6) is 2.04. The van der Waals surface area contributed by atoms with Crippen molar-refractivity contribution in [2.45, 2.75) is 76.4 Å². The first-order valence-electron chi connectivity index (χ1n) is 16.9. The summed E-state index contributed by atoms with van der Waals surface area (Å²) in [6.07, 6.45) is -1.68. The third kappa shape index (κ3) is 12.9. The predicted molar refractivity (Wildman–Crippen MR) is 196 cm³/mol. The summed E-state index contributed by atoms with van der Waals surface area (Å²) in [6, 6.07) is 22.4. The SMILES string of the molecule is Cc1ccc(OC(=O)OC(C)(C)C)c(OCCOc2ccc(S(=O)(=O)c3ccc(OCCOc4cc(C)ccc4OC(=O)OC(C)(C)C)cc3)cc2)c1. The van der Waals surface area contributed by atoms with E-state index < -0.39 is 33.4 Å². The molecule has 284 valence electrons. The molecule has 4 aromatic carbocycles. The number of hydrogen-bond donors (Lipinski definition) is 0. The Balaban J connectivity index is 1.25. The van der Waals surface area contributed by atoms with Crippen molar-refractivity contribution in [1.82, 2.24) is 0 Å². The van der Waals surface area contributed by atoms with Crippen LogP contribution in [0.3, 0.4) is 0 Å². The molecular weight excluding hydrogens is 704 g/mol. The fraction of sp³-hybridized carbons (Fsp3) is 0.350. The van der Waals surface area contributed by atoms with Crippen LogP contribution in [0.4, 0.5) is 9.59 Å². The van der Waals surface area contributed by atoms with Crippen LogP contribution in [0, 0.1) is 13.8 Å². The van der Waals surface area contributed by atoms with Gasteiger partial charge in [-0.25, -0.2) is 18.0 Å². The van der Waals surface area contributed by atoms with Crippen molar-refractivity contribution in [2.24, 2.45) is 0 Å². The van der Waals surface area contributed by atoms with Gasteiger partial charge >= 0.3 is 12.3 Å². The van der Waals surface area contributed by atoms with Gasteiger partial charge in [0.2, 0.25) is 9.84 Å². The van der Waals surface area contributed by atoms with Gasteiger partial charge in [-0.15, -0.1) is 0 Å². The molecule has 4 aromatic rings. The van der Waals surface area contributed by atoms with Crippen molar-refractivity contribution in [3.63, 3.8) is 0 Å². The highest BCUT2D eigenvalue weighted by atomic mass is 32.2. The minimum absolute atomic E-state index is 0.0921. The van der Waals surface area contributed by atoms with E-state index in [-0.39, 0.29) is 47.7 Å². The van der Waals surface area contributed by atoms with E-state index in [2.05, 4.69) is 0 Å². The number of benzene rings is 4. The number of carbonyl (C=O) groups excluding carboxylic acids is 2. The van der Waals surface area contributed by atoms with E-state index in [1.165, 1.54) is 24.3 Å². The van der Waals surface area contributed by atoms with Gasteiger partial charge in [0.05, 0.1) is 9.79 Å². The highest BCUT2D eigenvalue weighted by Gasteiger charge is 2.22. The fourth-order valence-corrected chi connectivity index (χ4v) is 5.80. The molecule has 0 aliphatic carbocycles. The fourth-order valence-electron chi connectivity index (χ4n) is 4.53. The van der Waals surface area contributed by atoms with E-state index >= 15 is 0 Å². The molecule has 0 spiro atoms. The Labute approximate surface area is 310 Å². The predicted octanol–water partition coefficient (Wildman–Crippen LogP) is 8.68. The normalized spacial score (nSPS) is 11.6. The van der Waals surface area contributed by atoms with Crippen LogP contribution in [0.25, 0.3) is 0 Å². The van der Waals surface area contributed by atoms with Gasteiger partial charge in [-0.05, 0) is 139 Å². The van der Waals surface area contributed by atoms with Crippen LogP contribution in [0.2, 0.25) is 0 Å². The lowest BCUT2D eigenvalue weighted by atomic mass is 10.2. The zero-order valence-electron chi connectivity index (χ0n) is 31.2. The van der Waals surface area contributed by atoms with Gasteiger partial charge in [-0.3, -0.25) is 0 Å². The Kier molecular flexibility index (Phi) is 13.2. The molecule has 13 heteroatoms. The number of aryl methyl sites for hydroxylation is 2. The van der Waals surface area contributed by atoms with E-state index in [1.807, 2.05) is 13.8 Å². The van der Waals surface area contributed by atoms with Crippen LogP contribution in [0.15, 0.2) is 94.7 Å². The zero-order chi connectivity index (χ0) is 38.8. The zero-order valence-corrected chi connectivity index (χ0v) is 32.0. The van der Waals surface area contributed by atoms with Crippen LogP contribution < -0.4 is 28.4 Å². The van der Waals surface area contributed by atoms with Crippen molar-refractivity contribution >= 4 is 22.1 Å². The Bertz CT molecular complexity index is 1820. The largest absolute Gasteiger partial charge is 0.514 e. The summed E-state index contributed by atoms with van der Waals surface area (Å²) in [6.45, 7) is 14.8. The lowest BCUT2D eigenvalue weighted by molar-refractivity contribution is 0.0186. The van der Waals surface area contributed by atoms with Crippen molar-refractivity contribution in [1.29, 1.82) is 0 Å². The molecule has 0 aliphatic heterocycles. The summed E-state index contributed by atoms with van der Waals surface area (Å²) < 4.78 is 70.8. The van der Waals surface area contributed by atoms with Crippen molar-refractivity contribution in [2.75, 3.05) is 26.4 Å². The Morgan fingerprint density at radius 2 is 0.830 bits per heavy atom. The van der Waals surface area contributed by atoms with Crippen LogP contribution >= 0.6 is 0 Å². The van der Waals surface area contributed by atoms with E-state index in [4.69, 9.17) is 37.9 Å². The van der Waals surface area contributed by atoms with Gasteiger partial charge in [-0.1, -0.05) is 12.1 Å². The van der Waals surface area contributed by atoms with Crippen LogP contribution in [0.1, 0.15) is 52.7 Å². The molecule has 0 heterocycles. The second-order valence-corrected chi connectivity index (χ2v) is 15.8. The van der Waals surface area contributed by atoms with E-state index in [0.717, 1.165) is 11.1 Å². The van der Waals surface area contributed by atoms with Crippen LogP contribution in [0.5, 0.6) is 34.5 Å². The molecule has 53 heavy (non-hydrogen) atoms. The molecule has 0 saturated carbocycles. The summed E-state index contributed by atoms with van der Waals surface area (Å²) in [5, 5.41) is 0. The van der Waals surface area contributed by atoms with Crippen LogP contribution in [-0.4, -0.2) is 58.4 Å². The molecule has 0 amide bonds. The lowest BCUT2D eigenvalue weighted by Gasteiger charge is -2.19. The molecule has 0 radical (unpaired) electrons. The Morgan fingerprint density at radius 3 is 1.17 bits per heavy atom. The number of sulfone groups is 1. The average Bonchev–Trinajstić information content (AvgIpc) is 3.06. The van der Waals surface area contributed by atoms with Gasteiger partial charge < -0.3 is 37.9 Å². The van der Waals surface area contributed by atoms with Gasteiger partial charge in [0.1, 0.15) is 49.1 Å². The van der Waals surface area contributed by atoms with Gasteiger partial charge in [0, 0.05) is 0 Å². The second kappa shape index (κ2) is 17.4.